The highest BCUT2D eigenvalue weighted by atomic mass is 16.5. The first-order chi connectivity index (χ1) is 14.7. The summed E-state index contributed by atoms with van der Waals surface area (Å²) < 4.78 is 8.13. The molecule has 2 aromatic carbocycles. The zero-order valence-electron chi connectivity index (χ0n) is 17.8. The largest absolute Gasteiger partial charge is 0.494 e. The second-order valence-electron chi connectivity index (χ2n) is 8.24. The highest BCUT2D eigenvalue weighted by Crippen LogP contribution is 2.24. The molecule has 1 aromatic heterocycles. The molecular formula is C25H31N3O2. The van der Waals surface area contributed by atoms with Gasteiger partial charge in [-0.3, -0.25) is 4.79 Å². The molecule has 1 aliphatic carbocycles. The van der Waals surface area contributed by atoms with E-state index in [0.717, 1.165) is 61.3 Å². The summed E-state index contributed by atoms with van der Waals surface area (Å²) in [6.07, 6.45) is 6.48. The molecule has 5 heteroatoms. The number of fused-ring (bicyclic) bond motifs is 1. The monoisotopic (exact) mass is 405 g/mol. The average Bonchev–Trinajstić information content (AvgIpc) is 3.13. The normalized spacial score (nSPS) is 14.7. The van der Waals surface area contributed by atoms with Crippen molar-refractivity contribution >= 4 is 16.9 Å². The van der Waals surface area contributed by atoms with E-state index in [1.807, 2.05) is 30.3 Å². The van der Waals surface area contributed by atoms with E-state index in [0.29, 0.717) is 13.2 Å². The Bertz CT molecular complexity index is 989. The van der Waals surface area contributed by atoms with Crippen LogP contribution in [-0.4, -0.2) is 22.1 Å². The highest BCUT2D eigenvalue weighted by Gasteiger charge is 2.21. The molecule has 30 heavy (non-hydrogen) atoms. The van der Waals surface area contributed by atoms with E-state index in [4.69, 9.17) is 9.72 Å². The molecule has 1 saturated carbocycles. The number of hydrogen-bond acceptors (Lipinski definition) is 3. The van der Waals surface area contributed by atoms with Crippen LogP contribution in [0.25, 0.3) is 11.0 Å². The van der Waals surface area contributed by atoms with Crippen LogP contribution in [0.2, 0.25) is 0 Å². The topological polar surface area (TPSA) is 56.1 Å². The Morgan fingerprint density at radius 1 is 1.13 bits per heavy atom. The predicted octanol–water partition coefficient (Wildman–Crippen LogP) is 5.01. The maximum absolute atomic E-state index is 12.6. The van der Waals surface area contributed by atoms with E-state index in [2.05, 4.69) is 35.0 Å². The SMILES string of the molecule is Cc1cccc(OCCCn2c(CNC(=O)C3CCCCC3)nc3ccccc32)c1. The fraction of sp³-hybridized carbons (Fsp3) is 0.440. The van der Waals surface area contributed by atoms with Crippen molar-refractivity contribution in [3.8, 4) is 5.75 Å². The lowest BCUT2D eigenvalue weighted by molar-refractivity contribution is -0.126. The summed E-state index contributed by atoms with van der Waals surface area (Å²) >= 11 is 0. The Morgan fingerprint density at radius 2 is 1.97 bits per heavy atom. The number of aromatic nitrogens is 2. The van der Waals surface area contributed by atoms with Crippen LogP contribution in [0.1, 0.15) is 49.9 Å². The van der Waals surface area contributed by atoms with Crippen molar-refractivity contribution in [1.29, 1.82) is 0 Å². The smallest absolute Gasteiger partial charge is 0.223 e. The lowest BCUT2D eigenvalue weighted by Crippen LogP contribution is -2.32. The second-order valence-corrected chi connectivity index (χ2v) is 8.24. The number of amides is 1. The Labute approximate surface area is 178 Å². The lowest BCUT2D eigenvalue weighted by Gasteiger charge is -2.20. The van der Waals surface area contributed by atoms with E-state index >= 15 is 0 Å². The number of carbonyl (C=O) groups excluding carboxylic acids is 1. The van der Waals surface area contributed by atoms with Gasteiger partial charge < -0.3 is 14.6 Å². The van der Waals surface area contributed by atoms with Crippen LogP contribution in [-0.2, 0) is 17.9 Å². The van der Waals surface area contributed by atoms with Gasteiger partial charge in [-0.15, -0.1) is 0 Å². The number of imidazole rings is 1. The van der Waals surface area contributed by atoms with Crippen molar-refractivity contribution in [3.05, 3.63) is 59.9 Å². The number of aryl methyl sites for hydroxylation is 2. The van der Waals surface area contributed by atoms with Gasteiger partial charge in [-0.05, 0) is 56.0 Å². The number of para-hydroxylation sites is 2. The molecule has 0 atom stereocenters. The van der Waals surface area contributed by atoms with E-state index in [1.165, 1.54) is 12.0 Å². The third-order valence-electron chi connectivity index (χ3n) is 5.91. The molecular weight excluding hydrogens is 374 g/mol. The van der Waals surface area contributed by atoms with Gasteiger partial charge in [0.05, 0.1) is 24.2 Å². The van der Waals surface area contributed by atoms with Gasteiger partial charge in [0.2, 0.25) is 5.91 Å². The van der Waals surface area contributed by atoms with Gasteiger partial charge in [0.25, 0.3) is 0 Å². The molecule has 1 fully saturated rings. The van der Waals surface area contributed by atoms with Crippen molar-refractivity contribution in [1.82, 2.24) is 14.9 Å². The van der Waals surface area contributed by atoms with Crippen molar-refractivity contribution in [2.45, 2.75) is 58.5 Å². The first kappa shape index (κ1) is 20.5. The third kappa shape index (κ3) is 5.02. The van der Waals surface area contributed by atoms with Crippen molar-refractivity contribution < 1.29 is 9.53 Å². The molecule has 0 bridgehead atoms. The summed E-state index contributed by atoms with van der Waals surface area (Å²) in [5.74, 6) is 2.16. The molecule has 0 saturated heterocycles. The predicted molar refractivity (Wildman–Crippen MR) is 119 cm³/mol. The van der Waals surface area contributed by atoms with Gasteiger partial charge in [0.1, 0.15) is 11.6 Å². The van der Waals surface area contributed by atoms with E-state index in [-0.39, 0.29) is 11.8 Å². The minimum atomic E-state index is 0.166. The number of nitrogens with one attached hydrogen (secondary N) is 1. The molecule has 158 valence electrons. The van der Waals surface area contributed by atoms with Crippen molar-refractivity contribution in [2.24, 2.45) is 5.92 Å². The summed E-state index contributed by atoms with van der Waals surface area (Å²) in [6, 6.07) is 16.3. The highest BCUT2D eigenvalue weighted by molar-refractivity contribution is 5.79. The van der Waals surface area contributed by atoms with Gasteiger partial charge in [0, 0.05) is 12.5 Å². The first-order valence-corrected chi connectivity index (χ1v) is 11.1. The second kappa shape index (κ2) is 9.79. The Balaban J connectivity index is 1.39. The standard InChI is InChI=1S/C25H31N3O2/c1-19-9-7-12-21(17-19)30-16-8-15-28-23-14-6-5-13-22(23)27-24(28)18-26-25(29)20-10-3-2-4-11-20/h5-7,9,12-14,17,20H,2-4,8,10-11,15-16,18H2,1H3,(H,26,29). The lowest BCUT2D eigenvalue weighted by atomic mass is 9.89. The van der Waals surface area contributed by atoms with Gasteiger partial charge in [-0.25, -0.2) is 4.98 Å². The molecule has 0 unspecified atom stereocenters. The summed E-state index contributed by atoms with van der Waals surface area (Å²) in [7, 11) is 0. The molecule has 4 rings (SSSR count). The maximum Gasteiger partial charge on any atom is 0.223 e. The fourth-order valence-corrected chi connectivity index (χ4v) is 4.30. The van der Waals surface area contributed by atoms with E-state index in [9.17, 15) is 4.79 Å². The molecule has 1 amide bonds. The number of nitrogens with zero attached hydrogens (tertiary/aromatic N) is 2. The fourth-order valence-electron chi connectivity index (χ4n) is 4.30. The average molecular weight is 406 g/mol. The van der Waals surface area contributed by atoms with Gasteiger partial charge in [-0.1, -0.05) is 43.5 Å². The van der Waals surface area contributed by atoms with Crippen LogP contribution in [0.3, 0.4) is 0 Å². The van der Waals surface area contributed by atoms with Crippen molar-refractivity contribution in [2.75, 3.05) is 6.61 Å². The molecule has 0 spiro atoms. The number of benzene rings is 2. The van der Waals surface area contributed by atoms with Crippen molar-refractivity contribution in [3.63, 3.8) is 0 Å². The molecule has 1 heterocycles. The van der Waals surface area contributed by atoms with Gasteiger partial charge in [-0.2, -0.15) is 0 Å². The maximum atomic E-state index is 12.6. The molecule has 0 radical (unpaired) electrons. The van der Waals surface area contributed by atoms with Crippen LogP contribution in [0.15, 0.2) is 48.5 Å². The van der Waals surface area contributed by atoms with Crippen LogP contribution < -0.4 is 10.1 Å². The molecule has 0 aliphatic heterocycles. The number of hydrogen-bond donors (Lipinski definition) is 1. The minimum Gasteiger partial charge on any atom is -0.494 e. The van der Waals surface area contributed by atoms with Gasteiger partial charge >= 0.3 is 0 Å². The number of ether oxygens (including phenoxy) is 1. The quantitative estimate of drug-likeness (QED) is 0.536. The van der Waals surface area contributed by atoms with E-state index in [1.54, 1.807) is 0 Å². The molecule has 1 N–H and O–H groups in total. The molecule has 3 aromatic rings. The summed E-state index contributed by atoms with van der Waals surface area (Å²) in [6.45, 7) is 3.99. The molecule has 1 aliphatic rings. The third-order valence-corrected chi connectivity index (χ3v) is 5.91. The van der Waals surface area contributed by atoms with Crippen LogP contribution in [0.5, 0.6) is 5.75 Å². The van der Waals surface area contributed by atoms with Crippen LogP contribution in [0.4, 0.5) is 0 Å². The number of carbonyl (C=O) groups is 1. The minimum absolute atomic E-state index is 0.166. The van der Waals surface area contributed by atoms with Crippen LogP contribution in [0, 0.1) is 12.8 Å². The summed E-state index contributed by atoms with van der Waals surface area (Å²) in [5.41, 5.74) is 3.28. The Kier molecular flexibility index (Phi) is 6.67. The Hall–Kier alpha value is -2.82. The summed E-state index contributed by atoms with van der Waals surface area (Å²) in [5, 5.41) is 3.14. The zero-order valence-corrected chi connectivity index (χ0v) is 17.8. The summed E-state index contributed by atoms with van der Waals surface area (Å²) in [4.78, 5) is 17.4. The first-order valence-electron chi connectivity index (χ1n) is 11.1. The van der Waals surface area contributed by atoms with E-state index < -0.39 is 0 Å². The van der Waals surface area contributed by atoms with Crippen LogP contribution >= 0.6 is 0 Å². The molecule has 5 nitrogen and oxygen atoms in total. The van der Waals surface area contributed by atoms with Gasteiger partial charge in [0.15, 0.2) is 0 Å². The Morgan fingerprint density at radius 3 is 2.80 bits per heavy atom. The zero-order chi connectivity index (χ0) is 20.8. The number of rotatable bonds is 8.